The number of nitrogens with one attached hydrogen (secondary N) is 1. The predicted molar refractivity (Wildman–Crippen MR) is 71.6 cm³/mol. The van der Waals surface area contributed by atoms with Gasteiger partial charge >= 0.3 is 0 Å². The van der Waals surface area contributed by atoms with Gasteiger partial charge in [0, 0.05) is 12.3 Å². The Labute approximate surface area is 118 Å². The third kappa shape index (κ3) is 3.30. The molecule has 0 bridgehead atoms. The third-order valence-electron chi connectivity index (χ3n) is 2.73. The fourth-order valence-corrected chi connectivity index (χ4v) is 1.76. The van der Waals surface area contributed by atoms with E-state index in [1.54, 1.807) is 0 Å². The summed E-state index contributed by atoms with van der Waals surface area (Å²) in [6.45, 7) is 2.37. The molecular formula is C11H12BrF2NO3S. The number of anilines is 1. The molecule has 8 heteroatoms. The second kappa shape index (κ2) is 5.16. The topological polar surface area (TPSA) is 63.2 Å². The summed E-state index contributed by atoms with van der Waals surface area (Å²) >= 11 is 2.79. The van der Waals surface area contributed by atoms with Gasteiger partial charge in [-0.25, -0.2) is 17.2 Å². The van der Waals surface area contributed by atoms with Crippen LogP contribution >= 0.6 is 15.9 Å². The van der Waals surface area contributed by atoms with E-state index in [9.17, 15) is 22.0 Å². The third-order valence-corrected chi connectivity index (χ3v) is 5.38. The van der Waals surface area contributed by atoms with Gasteiger partial charge in [0.25, 0.3) is 0 Å². The van der Waals surface area contributed by atoms with Crippen LogP contribution in [0.5, 0.6) is 0 Å². The van der Waals surface area contributed by atoms with Crippen molar-refractivity contribution < 1.29 is 22.0 Å². The summed E-state index contributed by atoms with van der Waals surface area (Å²) in [5, 5.41) is 2.07. The molecule has 0 aliphatic heterocycles. The molecule has 0 aromatic heterocycles. The number of carbonyl (C=O) groups is 1. The Morgan fingerprint density at radius 3 is 2.26 bits per heavy atom. The Morgan fingerprint density at radius 2 is 1.79 bits per heavy atom. The number of amides is 1. The average molecular weight is 356 g/mol. The van der Waals surface area contributed by atoms with Crippen LogP contribution in [0.3, 0.4) is 0 Å². The Balaban J connectivity index is 3.11. The molecule has 4 nitrogen and oxygen atoms in total. The van der Waals surface area contributed by atoms with Crippen molar-refractivity contribution in [1.29, 1.82) is 0 Å². The van der Waals surface area contributed by atoms with Crippen LogP contribution < -0.4 is 5.32 Å². The van der Waals surface area contributed by atoms with Gasteiger partial charge in [-0.1, -0.05) is 0 Å². The van der Waals surface area contributed by atoms with Crippen molar-refractivity contribution in [1.82, 2.24) is 0 Å². The monoisotopic (exact) mass is 355 g/mol. The quantitative estimate of drug-likeness (QED) is 0.847. The van der Waals surface area contributed by atoms with Gasteiger partial charge in [-0.15, -0.1) is 0 Å². The summed E-state index contributed by atoms with van der Waals surface area (Å²) in [7, 11) is -3.69. The lowest BCUT2D eigenvalue weighted by molar-refractivity contribution is -0.117. The summed E-state index contributed by atoms with van der Waals surface area (Å²) in [6, 6.07) is 1.62. The van der Waals surface area contributed by atoms with Gasteiger partial charge in [-0.3, -0.25) is 4.79 Å². The number of carbonyl (C=O) groups excluding carboxylic acids is 1. The normalized spacial score (nSPS) is 12.3. The van der Waals surface area contributed by atoms with Gasteiger partial charge < -0.3 is 5.32 Å². The van der Waals surface area contributed by atoms with E-state index in [2.05, 4.69) is 21.2 Å². The SMILES string of the molecule is CC(C)(C(=O)Nc1cc(F)c(Br)cc1F)S(C)(=O)=O. The highest BCUT2D eigenvalue weighted by atomic mass is 79.9. The highest BCUT2D eigenvalue weighted by Crippen LogP contribution is 2.25. The van der Waals surface area contributed by atoms with E-state index in [4.69, 9.17) is 0 Å². The van der Waals surface area contributed by atoms with Crippen LogP contribution in [0.4, 0.5) is 14.5 Å². The van der Waals surface area contributed by atoms with Gasteiger partial charge in [0.1, 0.15) is 16.4 Å². The van der Waals surface area contributed by atoms with Crippen LogP contribution in [0.25, 0.3) is 0 Å². The minimum absolute atomic E-state index is 0.0922. The second-order valence-electron chi connectivity index (χ2n) is 4.48. The molecule has 1 amide bonds. The van der Waals surface area contributed by atoms with E-state index < -0.39 is 37.8 Å². The lowest BCUT2D eigenvalue weighted by Crippen LogP contribution is -2.44. The Bertz CT molecular complexity index is 629. The first-order valence-corrected chi connectivity index (χ1v) is 7.81. The van der Waals surface area contributed by atoms with Crippen molar-refractivity contribution in [3.05, 3.63) is 28.2 Å². The summed E-state index contributed by atoms with van der Waals surface area (Å²) in [4.78, 5) is 11.8. The zero-order valence-electron chi connectivity index (χ0n) is 10.4. The van der Waals surface area contributed by atoms with Gasteiger partial charge in [0.05, 0.1) is 10.2 Å². The number of sulfone groups is 1. The Kier molecular flexibility index (Phi) is 4.36. The van der Waals surface area contributed by atoms with Crippen LogP contribution in [-0.4, -0.2) is 25.3 Å². The van der Waals surface area contributed by atoms with Gasteiger partial charge in [0.2, 0.25) is 5.91 Å². The first kappa shape index (κ1) is 16.0. The second-order valence-corrected chi connectivity index (χ2v) is 7.90. The van der Waals surface area contributed by atoms with Crippen molar-refractivity contribution in [2.75, 3.05) is 11.6 Å². The van der Waals surface area contributed by atoms with E-state index in [-0.39, 0.29) is 4.47 Å². The highest BCUT2D eigenvalue weighted by molar-refractivity contribution is 9.10. The van der Waals surface area contributed by atoms with Crippen LogP contribution in [0, 0.1) is 11.6 Å². The molecule has 0 heterocycles. The fourth-order valence-electron chi connectivity index (χ4n) is 1.06. The van der Waals surface area contributed by atoms with Gasteiger partial charge in [-0.2, -0.15) is 0 Å². The minimum Gasteiger partial charge on any atom is -0.322 e. The van der Waals surface area contributed by atoms with Crippen LogP contribution in [0.15, 0.2) is 16.6 Å². The first-order valence-electron chi connectivity index (χ1n) is 5.12. The largest absolute Gasteiger partial charge is 0.322 e. The average Bonchev–Trinajstić information content (AvgIpc) is 2.24. The fraction of sp³-hybridized carbons (Fsp3) is 0.364. The zero-order chi connectivity index (χ0) is 15.0. The summed E-state index contributed by atoms with van der Waals surface area (Å²) in [5.41, 5.74) is -0.414. The van der Waals surface area contributed by atoms with Crippen molar-refractivity contribution in [3.63, 3.8) is 0 Å². The van der Waals surface area contributed by atoms with E-state index in [1.807, 2.05) is 0 Å². The first-order chi connectivity index (χ1) is 8.46. The van der Waals surface area contributed by atoms with Crippen molar-refractivity contribution >= 4 is 37.4 Å². The minimum atomic E-state index is -3.69. The number of benzene rings is 1. The van der Waals surface area contributed by atoms with E-state index in [0.29, 0.717) is 0 Å². The Morgan fingerprint density at radius 1 is 1.26 bits per heavy atom. The highest BCUT2D eigenvalue weighted by Gasteiger charge is 2.38. The molecule has 0 fully saturated rings. The molecule has 0 aliphatic rings. The number of hydrogen-bond donors (Lipinski definition) is 1. The lowest BCUT2D eigenvalue weighted by Gasteiger charge is -2.21. The molecule has 0 saturated carbocycles. The maximum atomic E-state index is 13.5. The zero-order valence-corrected chi connectivity index (χ0v) is 12.8. The molecule has 0 unspecified atom stereocenters. The molecule has 0 radical (unpaired) electrons. The molecule has 1 N–H and O–H groups in total. The molecule has 1 rings (SSSR count). The summed E-state index contributed by atoms with van der Waals surface area (Å²) < 4.78 is 47.8. The molecule has 0 atom stereocenters. The van der Waals surface area contributed by atoms with Crippen molar-refractivity contribution in [2.45, 2.75) is 18.6 Å². The Hall–Kier alpha value is -1.02. The van der Waals surface area contributed by atoms with Crippen LogP contribution in [-0.2, 0) is 14.6 Å². The van der Waals surface area contributed by atoms with E-state index in [1.165, 1.54) is 13.8 Å². The molecule has 0 saturated heterocycles. The number of halogens is 3. The maximum absolute atomic E-state index is 13.5. The summed E-state index contributed by atoms with van der Waals surface area (Å²) in [5.74, 6) is -2.57. The van der Waals surface area contributed by atoms with Crippen molar-refractivity contribution in [2.24, 2.45) is 0 Å². The van der Waals surface area contributed by atoms with Gasteiger partial charge in [-0.05, 0) is 35.8 Å². The van der Waals surface area contributed by atoms with Crippen molar-refractivity contribution in [3.8, 4) is 0 Å². The van der Waals surface area contributed by atoms with E-state index >= 15 is 0 Å². The molecule has 0 aliphatic carbocycles. The van der Waals surface area contributed by atoms with Crippen LogP contribution in [0.1, 0.15) is 13.8 Å². The maximum Gasteiger partial charge on any atom is 0.245 e. The standard InChI is InChI=1S/C11H12BrF2NO3S/c1-11(2,19(3,17)18)10(16)15-9-5-7(13)6(12)4-8(9)14/h4-5H,1-3H3,(H,15,16). The lowest BCUT2D eigenvalue weighted by atomic mass is 10.2. The molecular weight excluding hydrogens is 344 g/mol. The molecule has 1 aromatic carbocycles. The number of hydrogen-bond acceptors (Lipinski definition) is 3. The summed E-state index contributed by atoms with van der Waals surface area (Å²) in [6.07, 6.45) is 0.894. The predicted octanol–water partition coefficient (Wildman–Crippen LogP) is 2.49. The molecule has 106 valence electrons. The van der Waals surface area contributed by atoms with Crippen LogP contribution in [0.2, 0.25) is 0 Å². The number of rotatable bonds is 3. The van der Waals surface area contributed by atoms with E-state index in [0.717, 1.165) is 18.4 Å². The molecule has 1 aromatic rings. The molecule has 0 spiro atoms. The smallest absolute Gasteiger partial charge is 0.245 e. The van der Waals surface area contributed by atoms with Gasteiger partial charge in [0.15, 0.2) is 9.84 Å². The molecule has 19 heavy (non-hydrogen) atoms.